The topological polar surface area (TPSA) is 74.0 Å². The van der Waals surface area contributed by atoms with Gasteiger partial charge in [-0.25, -0.2) is 0 Å². The Morgan fingerprint density at radius 1 is 1.35 bits per heavy atom. The summed E-state index contributed by atoms with van der Waals surface area (Å²) in [4.78, 5) is 11.5. The van der Waals surface area contributed by atoms with Crippen molar-refractivity contribution < 1.29 is 9.90 Å². The molecule has 1 aromatic rings. The lowest BCUT2D eigenvalue weighted by Crippen LogP contribution is -2.25. The molecule has 20 heavy (non-hydrogen) atoms. The molecule has 0 aliphatic carbocycles. The highest BCUT2D eigenvalue weighted by Crippen LogP contribution is 2.21. The summed E-state index contributed by atoms with van der Waals surface area (Å²) >= 11 is 1.29. The van der Waals surface area contributed by atoms with E-state index in [0.29, 0.717) is 11.6 Å². The number of aliphatic hydroxyl groups is 1. The normalized spacial score (nSPS) is 21.1. The summed E-state index contributed by atoms with van der Waals surface area (Å²) in [5.41, 5.74) is 1.08. The molecule has 0 spiro atoms. The van der Waals surface area contributed by atoms with Gasteiger partial charge in [0, 0.05) is 12.8 Å². The fourth-order valence-electron chi connectivity index (χ4n) is 1.60. The molecule has 0 saturated carbocycles. The Bertz CT molecular complexity index is 541. The van der Waals surface area contributed by atoms with Crippen LogP contribution < -0.4 is 5.32 Å². The van der Waals surface area contributed by atoms with Crippen LogP contribution in [0, 0.1) is 0 Å². The maximum Gasteiger partial charge on any atom is 0.239 e. The van der Waals surface area contributed by atoms with E-state index in [1.165, 1.54) is 11.8 Å². The minimum Gasteiger partial charge on any atom is -0.396 e. The van der Waals surface area contributed by atoms with Gasteiger partial charge in [0.05, 0.1) is 5.25 Å². The molecule has 1 aliphatic heterocycles. The second-order valence-corrected chi connectivity index (χ2v) is 5.24. The fraction of sp³-hybridized carbons (Fsp3) is 0.214. The van der Waals surface area contributed by atoms with Crippen LogP contribution in [0.25, 0.3) is 6.08 Å². The van der Waals surface area contributed by atoms with E-state index in [9.17, 15) is 4.79 Å². The number of carbonyl (C=O) groups is 1. The molecule has 6 heteroatoms. The molecule has 5 nitrogen and oxygen atoms in total. The van der Waals surface area contributed by atoms with Crippen molar-refractivity contribution in [2.24, 2.45) is 10.2 Å². The van der Waals surface area contributed by atoms with Gasteiger partial charge >= 0.3 is 0 Å². The number of nitrogens with one attached hydrogen (secondary N) is 1. The molecule has 0 radical (unpaired) electrons. The van der Waals surface area contributed by atoms with Crippen LogP contribution in [0.2, 0.25) is 0 Å². The summed E-state index contributed by atoms with van der Waals surface area (Å²) in [6.45, 7) is -0.0125. The largest absolute Gasteiger partial charge is 0.396 e. The van der Waals surface area contributed by atoms with Gasteiger partial charge in [-0.05, 0) is 18.1 Å². The van der Waals surface area contributed by atoms with E-state index in [0.717, 1.165) is 5.56 Å². The van der Waals surface area contributed by atoms with Crippen LogP contribution in [-0.2, 0) is 4.79 Å². The molecule has 2 N–H and O–H groups in total. The number of thioether (sulfide) groups is 1. The summed E-state index contributed by atoms with van der Waals surface area (Å²) in [6, 6.07) is 9.86. The zero-order chi connectivity index (χ0) is 14.2. The van der Waals surface area contributed by atoms with Crippen LogP contribution in [0.5, 0.6) is 0 Å². The number of nitrogens with zero attached hydrogens (tertiary/aromatic N) is 2. The molecule has 1 atom stereocenters. The third-order valence-corrected chi connectivity index (χ3v) is 3.70. The van der Waals surface area contributed by atoms with Crippen molar-refractivity contribution >= 4 is 35.1 Å². The van der Waals surface area contributed by atoms with Gasteiger partial charge in [0.25, 0.3) is 0 Å². The van der Waals surface area contributed by atoms with E-state index >= 15 is 0 Å². The summed E-state index contributed by atoms with van der Waals surface area (Å²) in [5, 5.41) is 19.4. The van der Waals surface area contributed by atoms with Crippen molar-refractivity contribution in [1.82, 2.24) is 5.32 Å². The van der Waals surface area contributed by atoms with Crippen LogP contribution in [-0.4, -0.2) is 34.3 Å². The highest BCUT2D eigenvalue weighted by atomic mass is 32.2. The first-order valence-corrected chi connectivity index (χ1v) is 7.08. The Kier molecular flexibility index (Phi) is 5.52. The maximum absolute atomic E-state index is 11.5. The van der Waals surface area contributed by atoms with E-state index in [2.05, 4.69) is 15.5 Å². The molecule has 2 rings (SSSR count). The van der Waals surface area contributed by atoms with Crippen molar-refractivity contribution in [3.05, 3.63) is 42.0 Å². The van der Waals surface area contributed by atoms with Crippen molar-refractivity contribution in [1.29, 1.82) is 0 Å². The molecule has 1 unspecified atom stereocenters. The van der Waals surface area contributed by atoms with Gasteiger partial charge in [-0.1, -0.05) is 48.2 Å². The monoisotopic (exact) mass is 289 g/mol. The lowest BCUT2D eigenvalue weighted by Gasteiger charge is -1.98. The molecular formula is C14H15N3O2S. The molecule has 1 saturated heterocycles. The summed E-state index contributed by atoms with van der Waals surface area (Å²) in [6.07, 6.45) is 5.68. The molecule has 1 heterocycles. The van der Waals surface area contributed by atoms with Gasteiger partial charge in [0.15, 0.2) is 5.17 Å². The van der Waals surface area contributed by atoms with Crippen molar-refractivity contribution in [3.63, 3.8) is 0 Å². The van der Waals surface area contributed by atoms with E-state index in [-0.39, 0.29) is 17.8 Å². The Hall–Kier alpha value is -1.92. The summed E-state index contributed by atoms with van der Waals surface area (Å²) < 4.78 is 0. The summed E-state index contributed by atoms with van der Waals surface area (Å²) in [7, 11) is 0. The van der Waals surface area contributed by atoms with Crippen molar-refractivity contribution in [2.45, 2.75) is 11.7 Å². The Morgan fingerprint density at radius 2 is 2.15 bits per heavy atom. The number of amidine groups is 1. The third-order valence-electron chi connectivity index (χ3n) is 2.56. The Balaban J connectivity index is 1.86. The number of benzene rings is 1. The molecular weight excluding hydrogens is 274 g/mol. The van der Waals surface area contributed by atoms with Crippen molar-refractivity contribution in [2.75, 3.05) is 6.61 Å². The lowest BCUT2D eigenvalue weighted by atomic mass is 10.2. The van der Waals surface area contributed by atoms with Gasteiger partial charge in [0.1, 0.15) is 0 Å². The first-order chi connectivity index (χ1) is 9.79. The van der Waals surface area contributed by atoms with E-state index in [1.807, 2.05) is 36.4 Å². The first-order valence-electron chi connectivity index (χ1n) is 6.20. The van der Waals surface area contributed by atoms with Gasteiger partial charge in [-0.3, -0.25) is 4.79 Å². The van der Waals surface area contributed by atoms with Crippen molar-refractivity contribution in [3.8, 4) is 0 Å². The van der Waals surface area contributed by atoms with Gasteiger partial charge in [-0.2, -0.15) is 5.10 Å². The number of allylic oxidation sites excluding steroid dienone is 1. The molecule has 0 aromatic heterocycles. The molecule has 1 aromatic carbocycles. The van der Waals surface area contributed by atoms with Crippen LogP contribution in [0.3, 0.4) is 0 Å². The smallest absolute Gasteiger partial charge is 0.239 e. The zero-order valence-corrected chi connectivity index (χ0v) is 11.6. The fourth-order valence-corrected chi connectivity index (χ4v) is 2.51. The molecule has 104 valence electrons. The standard InChI is InChI=1S/C14H15N3O2S/c18-10-8-12-13(19)16-14(20-12)17-15-9-4-7-11-5-2-1-3-6-11/h1-7,9,12,18H,8,10H2,(H,16,17,19). The minimum absolute atomic E-state index is 0.0125. The number of carbonyl (C=O) groups excluding carboxylic acids is 1. The van der Waals surface area contributed by atoms with Crippen LogP contribution in [0.4, 0.5) is 0 Å². The zero-order valence-electron chi connectivity index (χ0n) is 10.8. The second kappa shape index (κ2) is 7.62. The number of hydrogen-bond donors (Lipinski definition) is 2. The highest BCUT2D eigenvalue weighted by molar-refractivity contribution is 8.15. The molecule has 0 bridgehead atoms. The SMILES string of the molecule is O=C1NC(=NN=CC=Cc2ccccc2)SC1CCO. The van der Waals surface area contributed by atoms with Crippen LogP contribution in [0.1, 0.15) is 12.0 Å². The summed E-state index contributed by atoms with van der Waals surface area (Å²) in [5.74, 6) is -0.127. The van der Waals surface area contributed by atoms with Gasteiger partial charge < -0.3 is 10.4 Å². The molecule has 1 aliphatic rings. The molecule has 1 fully saturated rings. The van der Waals surface area contributed by atoms with E-state index in [4.69, 9.17) is 5.11 Å². The highest BCUT2D eigenvalue weighted by Gasteiger charge is 2.29. The maximum atomic E-state index is 11.5. The predicted octanol–water partition coefficient (Wildman–Crippen LogP) is 1.66. The Morgan fingerprint density at radius 3 is 2.90 bits per heavy atom. The number of hydrogen-bond acceptors (Lipinski definition) is 5. The lowest BCUT2D eigenvalue weighted by molar-refractivity contribution is -0.119. The predicted molar refractivity (Wildman–Crippen MR) is 82.6 cm³/mol. The van der Waals surface area contributed by atoms with Gasteiger partial charge in [0.2, 0.25) is 5.91 Å². The third kappa shape index (κ3) is 4.32. The minimum atomic E-state index is -0.270. The molecule has 1 amide bonds. The average molecular weight is 289 g/mol. The van der Waals surface area contributed by atoms with Crippen LogP contribution in [0.15, 0.2) is 46.6 Å². The van der Waals surface area contributed by atoms with Crippen LogP contribution >= 0.6 is 11.8 Å². The Labute approximate surface area is 121 Å². The quantitative estimate of drug-likeness (QED) is 0.639. The number of aliphatic hydroxyl groups excluding tert-OH is 1. The van der Waals surface area contributed by atoms with E-state index in [1.54, 1.807) is 12.3 Å². The average Bonchev–Trinajstić information content (AvgIpc) is 2.80. The number of amides is 1. The van der Waals surface area contributed by atoms with Gasteiger partial charge in [-0.15, -0.1) is 5.10 Å². The first kappa shape index (κ1) is 14.5. The number of rotatable bonds is 5. The van der Waals surface area contributed by atoms with E-state index < -0.39 is 0 Å². The second-order valence-electron chi connectivity index (χ2n) is 4.05.